The second kappa shape index (κ2) is 11.3. The molecule has 1 fully saturated rings. The maximum absolute atomic E-state index is 6.11. The summed E-state index contributed by atoms with van der Waals surface area (Å²) in [5, 5.41) is 4.26. The van der Waals surface area contributed by atoms with Gasteiger partial charge in [-0.1, -0.05) is 23.8 Å². The number of rotatable bonds is 7. The van der Waals surface area contributed by atoms with E-state index in [1.54, 1.807) is 0 Å². The summed E-state index contributed by atoms with van der Waals surface area (Å²) < 4.78 is 8.43. The minimum absolute atomic E-state index is 0.0998. The van der Waals surface area contributed by atoms with Crippen molar-refractivity contribution in [1.29, 1.82) is 0 Å². The van der Waals surface area contributed by atoms with Gasteiger partial charge in [0.2, 0.25) is 0 Å². The Morgan fingerprint density at radius 2 is 1.45 bits per heavy atom. The van der Waals surface area contributed by atoms with Gasteiger partial charge in [0.05, 0.1) is 17.8 Å². The standard InChI is InChI=1S/C35H35N5OS/c1-23-9-17-29(18-10-23)41-30-19-15-28(16-20-30)40-34(33(37-35(40)42)32-8-6-7-21-36-32)31-22-24(2)39(25(31)3)27-13-11-26(12-14-27)38(4)5/h6-22,33-34H,1-5H3,(H,37,42)/t33-,34-/m1/s1. The number of nitrogens with one attached hydrogen (secondary N) is 1. The van der Waals surface area contributed by atoms with Crippen LogP contribution in [-0.4, -0.2) is 28.8 Å². The zero-order valence-electron chi connectivity index (χ0n) is 24.6. The Bertz CT molecular complexity index is 1690. The van der Waals surface area contributed by atoms with Gasteiger partial charge in [-0.3, -0.25) is 4.98 Å². The predicted molar refractivity (Wildman–Crippen MR) is 175 cm³/mol. The lowest BCUT2D eigenvalue weighted by Gasteiger charge is -2.28. The van der Waals surface area contributed by atoms with Crippen LogP contribution in [0.5, 0.6) is 11.5 Å². The van der Waals surface area contributed by atoms with Crippen molar-refractivity contribution < 1.29 is 4.74 Å². The molecule has 2 aromatic heterocycles. The van der Waals surface area contributed by atoms with E-state index in [0.29, 0.717) is 5.11 Å². The molecule has 1 N–H and O–H groups in total. The Labute approximate surface area is 253 Å². The van der Waals surface area contributed by atoms with Gasteiger partial charge < -0.3 is 24.4 Å². The van der Waals surface area contributed by atoms with E-state index in [0.717, 1.165) is 28.6 Å². The lowest BCUT2D eigenvalue weighted by atomic mass is 9.96. The van der Waals surface area contributed by atoms with Crippen molar-refractivity contribution in [2.24, 2.45) is 0 Å². The minimum Gasteiger partial charge on any atom is -0.457 e. The summed E-state index contributed by atoms with van der Waals surface area (Å²) >= 11 is 5.99. The van der Waals surface area contributed by atoms with E-state index in [4.69, 9.17) is 21.9 Å². The number of hydrogen-bond donors (Lipinski definition) is 1. The zero-order chi connectivity index (χ0) is 29.4. The van der Waals surface area contributed by atoms with Crippen molar-refractivity contribution in [3.05, 3.63) is 131 Å². The molecule has 1 saturated heterocycles. The topological polar surface area (TPSA) is 45.6 Å². The maximum Gasteiger partial charge on any atom is 0.174 e. The number of aryl methyl sites for hydroxylation is 2. The summed E-state index contributed by atoms with van der Waals surface area (Å²) in [6, 6.07) is 33.0. The lowest BCUT2D eigenvalue weighted by Crippen LogP contribution is -2.29. The number of pyridine rings is 1. The molecule has 0 amide bonds. The molecule has 42 heavy (non-hydrogen) atoms. The minimum atomic E-state index is -0.118. The second-order valence-corrected chi connectivity index (χ2v) is 11.4. The summed E-state index contributed by atoms with van der Waals surface area (Å²) in [5.74, 6) is 1.59. The molecule has 0 saturated carbocycles. The Kier molecular flexibility index (Phi) is 7.43. The highest BCUT2D eigenvalue weighted by molar-refractivity contribution is 7.80. The van der Waals surface area contributed by atoms with Gasteiger partial charge in [0.15, 0.2) is 5.11 Å². The van der Waals surface area contributed by atoms with E-state index in [1.807, 2.05) is 54.7 Å². The molecule has 0 unspecified atom stereocenters. The molecule has 0 spiro atoms. The Balaban J connectivity index is 1.39. The van der Waals surface area contributed by atoms with Gasteiger partial charge in [-0.05, 0) is 117 Å². The largest absolute Gasteiger partial charge is 0.457 e. The van der Waals surface area contributed by atoms with Gasteiger partial charge in [-0.15, -0.1) is 0 Å². The quantitative estimate of drug-likeness (QED) is 0.200. The molecule has 1 aliphatic heterocycles. The van der Waals surface area contributed by atoms with E-state index < -0.39 is 0 Å². The highest BCUT2D eigenvalue weighted by Crippen LogP contribution is 2.44. The fourth-order valence-electron chi connectivity index (χ4n) is 5.75. The third-order valence-corrected chi connectivity index (χ3v) is 8.20. The second-order valence-electron chi connectivity index (χ2n) is 11.0. The Morgan fingerprint density at radius 3 is 2.07 bits per heavy atom. The predicted octanol–water partition coefficient (Wildman–Crippen LogP) is 7.83. The van der Waals surface area contributed by atoms with E-state index in [1.165, 1.54) is 28.2 Å². The van der Waals surface area contributed by atoms with Crippen LogP contribution < -0.4 is 19.9 Å². The van der Waals surface area contributed by atoms with E-state index in [9.17, 15) is 0 Å². The highest BCUT2D eigenvalue weighted by Gasteiger charge is 2.42. The molecule has 0 aliphatic carbocycles. The molecular weight excluding hydrogens is 538 g/mol. The number of ether oxygens (including phenoxy) is 1. The first-order chi connectivity index (χ1) is 20.3. The third-order valence-electron chi connectivity index (χ3n) is 7.88. The number of nitrogens with zero attached hydrogens (tertiary/aromatic N) is 4. The summed E-state index contributed by atoms with van der Waals surface area (Å²) in [4.78, 5) is 9.06. The molecule has 0 radical (unpaired) electrons. The summed E-state index contributed by atoms with van der Waals surface area (Å²) in [5.41, 5.74) is 8.99. The molecule has 5 aromatic rings. The molecule has 2 atom stereocenters. The molecule has 6 nitrogen and oxygen atoms in total. The van der Waals surface area contributed by atoms with Crippen LogP contribution in [0, 0.1) is 20.8 Å². The van der Waals surface area contributed by atoms with Gasteiger partial charge in [-0.25, -0.2) is 0 Å². The van der Waals surface area contributed by atoms with Crippen molar-refractivity contribution in [2.75, 3.05) is 23.9 Å². The molecule has 1 aliphatic rings. The van der Waals surface area contributed by atoms with Crippen LogP contribution in [0.4, 0.5) is 11.4 Å². The van der Waals surface area contributed by atoms with Crippen LogP contribution in [0.1, 0.15) is 40.3 Å². The number of benzene rings is 3. The van der Waals surface area contributed by atoms with Crippen molar-refractivity contribution in [2.45, 2.75) is 32.9 Å². The van der Waals surface area contributed by atoms with Crippen molar-refractivity contribution in [3.8, 4) is 17.2 Å². The van der Waals surface area contributed by atoms with Crippen LogP contribution in [0.25, 0.3) is 5.69 Å². The first-order valence-electron chi connectivity index (χ1n) is 14.1. The highest BCUT2D eigenvalue weighted by atomic mass is 32.1. The van der Waals surface area contributed by atoms with E-state index in [-0.39, 0.29) is 12.1 Å². The SMILES string of the molecule is Cc1ccc(Oc2ccc(N3C(=S)N[C@H](c4ccccn4)[C@H]3c3cc(C)n(-c4ccc(N(C)C)cc4)c3C)cc2)cc1. The molecule has 212 valence electrons. The van der Waals surface area contributed by atoms with Gasteiger partial charge in [-0.2, -0.15) is 0 Å². The number of aromatic nitrogens is 2. The summed E-state index contributed by atoms with van der Waals surface area (Å²) in [6.07, 6.45) is 1.84. The molecule has 0 bridgehead atoms. The Hall–Kier alpha value is -4.62. The summed E-state index contributed by atoms with van der Waals surface area (Å²) in [7, 11) is 4.12. The van der Waals surface area contributed by atoms with Crippen molar-refractivity contribution >= 4 is 28.7 Å². The lowest BCUT2D eigenvalue weighted by molar-refractivity contribution is 0.482. The zero-order valence-corrected chi connectivity index (χ0v) is 25.4. The van der Waals surface area contributed by atoms with Crippen molar-refractivity contribution in [3.63, 3.8) is 0 Å². The fourth-order valence-corrected chi connectivity index (χ4v) is 6.10. The van der Waals surface area contributed by atoms with Crippen LogP contribution in [0.3, 0.4) is 0 Å². The summed E-state index contributed by atoms with van der Waals surface area (Å²) in [6.45, 7) is 6.42. The maximum atomic E-state index is 6.11. The average Bonchev–Trinajstić information content (AvgIpc) is 3.49. The fraction of sp³-hybridized carbons (Fsp3) is 0.200. The first-order valence-corrected chi connectivity index (χ1v) is 14.5. The van der Waals surface area contributed by atoms with Gasteiger partial charge in [0.25, 0.3) is 0 Å². The molecule has 3 heterocycles. The van der Waals surface area contributed by atoms with Crippen LogP contribution in [-0.2, 0) is 0 Å². The number of thiocarbonyl (C=S) groups is 1. The van der Waals surface area contributed by atoms with Crippen LogP contribution >= 0.6 is 12.2 Å². The Morgan fingerprint density at radius 1 is 0.810 bits per heavy atom. The van der Waals surface area contributed by atoms with E-state index >= 15 is 0 Å². The van der Waals surface area contributed by atoms with E-state index in [2.05, 4.69) is 103 Å². The number of hydrogen-bond acceptors (Lipinski definition) is 4. The number of anilines is 2. The smallest absolute Gasteiger partial charge is 0.174 e. The third kappa shape index (κ3) is 5.23. The van der Waals surface area contributed by atoms with Gasteiger partial charge in [0.1, 0.15) is 11.5 Å². The molecule has 6 rings (SSSR count). The van der Waals surface area contributed by atoms with Crippen molar-refractivity contribution in [1.82, 2.24) is 14.9 Å². The van der Waals surface area contributed by atoms with Crippen LogP contribution in [0.15, 0.2) is 103 Å². The van der Waals surface area contributed by atoms with Crippen LogP contribution in [0.2, 0.25) is 0 Å². The first kappa shape index (κ1) is 27.5. The van der Waals surface area contributed by atoms with Gasteiger partial charge >= 0.3 is 0 Å². The molecule has 3 aromatic carbocycles. The van der Waals surface area contributed by atoms with Gasteiger partial charge in [0, 0.05) is 48.7 Å². The molecule has 7 heteroatoms. The molecular formula is C35H35N5OS. The average molecular weight is 574 g/mol. The normalized spacial score (nSPS) is 16.4. The monoisotopic (exact) mass is 573 g/mol.